The number of rotatable bonds is 4. The molecule has 2 amide bonds. The van der Waals surface area contributed by atoms with Crippen molar-refractivity contribution in [2.45, 2.75) is 25.8 Å². The summed E-state index contributed by atoms with van der Waals surface area (Å²) in [5.41, 5.74) is 2.29. The van der Waals surface area contributed by atoms with Gasteiger partial charge in [0.15, 0.2) is 0 Å². The van der Waals surface area contributed by atoms with Gasteiger partial charge in [-0.1, -0.05) is 35.9 Å². The summed E-state index contributed by atoms with van der Waals surface area (Å²) >= 11 is 1.66. The fourth-order valence-corrected chi connectivity index (χ4v) is 3.96. The summed E-state index contributed by atoms with van der Waals surface area (Å²) in [6.07, 6.45) is 1.75. The molecule has 1 fully saturated rings. The van der Waals surface area contributed by atoms with Crippen molar-refractivity contribution in [1.82, 2.24) is 10.2 Å². The van der Waals surface area contributed by atoms with Crippen LogP contribution in [-0.2, 0) is 0 Å². The Morgan fingerprint density at radius 3 is 2.75 bits per heavy atom. The Morgan fingerprint density at radius 2 is 2.12 bits per heavy atom. The molecule has 1 aromatic heterocycles. The molecule has 128 valence electrons. The minimum atomic E-state index is -0.118. The van der Waals surface area contributed by atoms with Gasteiger partial charge in [-0.25, -0.2) is 4.79 Å². The monoisotopic (exact) mass is 344 g/mol. The predicted octanol–water partition coefficient (Wildman–Crippen LogP) is 3.56. The third-order valence-corrected chi connectivity index (χ3v) is 5.57. The van der Waals surface area contributed by atoms with Gasteiger partial charge in [0.05, 0.1) is 6.04 Å². The number of aliphatic hydroxyl groups excluding tert-OH is 1. The summed E-state index contributed by atoms with van der Waals surface area (Å²) in [7, 11) is 0. The van der Waals surface area contributed by atoms with E-state index in [1.807, 2.05) is 22.4 Å². The summed E-state index contributed by atoms with van der Waals surface area (Å²) < 4.78 is 0. The molecule has 5 heteroatoms. The van der Waals surface area contributed by atoms with Crippen LogP contribution in [0, 0.1) is 12.8 Å². The second kappa shape index (κ2) is 7.81. The number of carbonyl (C=O) groups is 1. The Morgan fingerprint density at radius 1 is 1.33 bits per heavy atom. The molecule has 2 heterocycles. The van der Waals surface area contributed by atoms with E-state index in [9.17, 15) is 9.90 Å². The SMILES string of the molecule is Cc1cccc(C(NC(=O)N2CCC(CO)CC2)c2cccs2)c1. The van der Waals surface area contributed by atoms with Crippen LogP contribution in [0.3, 0.4) is 0 Å². The number of likely N-dealkylation sites (tertiary alicyclic amines) is 1. The van der Waals surface area contributed by atoms with Crippen molar-refractivity contribution in [2.24, 2.45) is 5.92 Å². The Bertz CT molecular complexity index is 664. The minimum absolute atomic E-state index is 0.0219. The largest absolute Gasteiger partial charge is 0.396 e. The number of nitrogens with one attached hydrogen (secondary N) is 1. The van der Waals surface area contributed by atoms with Gasteiger partial charge in [-0.15, -0.1) is 11.3 Å². The van der Waals surface area contributed by atoms with Gasteiger partial charge in [0, 0.05) is 24.6 Å². The highest BCUT2D eigenvalue weighted by atomic mass is 32.1. The maximum Gasteiger partial charge on any atom is 0.318 e. The zero-order valence-electron chi connectivity index (χ0n) is 13.9. The van der Waals surface area contributed by atoms with Crippen molar-refractivity contribution in [3.8, 4) is 0 Å². The Labute approximate surface area is 147 Å². The number of hydrogen-bond acceptors (Lipinski definition) is 3. The van der Waals surface area contributed by atoms with Crippen LogP contribution in [0.25, 0.3) is 0 Å². The van der Waals surface area contributed by atoms with E-state index >= 15 is 0 Å². The molecule has 0 spiro atoms. The quantitative estimate of drug-likeness (QED) is 0.891. The smallest absolute Gasteiger partial charge is 0.318 e. The van der Waals surface area contributed by atoms with Crippen molar-refractivity contribution < 1.29 is 9.90 Å². The second-order valence-corrected chi connectivity index (χ2v) is 7.40. The number of piperidine rings is 1. The van der Waals surface area contributed by atoms with E-state index in [0.29, 0.717) is 19.0 Å². The van der Waals surface area contributed by atoms with Crippen LogP contribution >= 0.6 is 11.3 Å². The molecule has 24 heavy (non-hydrogen) atoms. The molecule has 0 aliphatic carbocycles. The van der Waals surface area contributed by atoms with Gasteiger partial charge in [0.1, 0.15) is 0 Å². The average Bonchev–Trinajstić information content (AvgIpc) is 3.14. The number of hydrogen-bond donors (Lipinski definition) is 2. The molecule has 1 unspecified atom stereocenters. The summed E-state index contributed by atoms with van der Waals surface area (Å²) in [5.74, 6) is 0.332. The molecule has 1 aliphatic heterocycles. The van der Waals surface area contributed by atoms with E-state index in [4.69, 9.17) is 0 Å². The molecule has 2 aromatic rings. The molecule has 2 N–H and O–H groups in total. The lowest BCUT2D eigenvalue weighted by Crippen LogP contribution is -2.46. The van der Waals surface area contributed by atoms with E-state index in [0.717, 1.165) is 23.3 Å². The van der Waals surface area contributed by atoms with E-state index in [-0.39, 0.29) is 18.7 Å². The van der Waals surface area contributed by atoms with Gasteiger partial charge in [0.25, 0.3) is 0 Å². The number of nitrogens with zero attached hydrogens (tertiary/aromatic N) is 1. The lowest BCUT2D eigenvalue weighted by atomic mass is 9.98. The number of thiophene rings is 1. The van der Waals surface area contributed by atoms with Crippen molar-refractivity contribution in [2.75, 3.05) is 19.7 Å². The predicted molar refractivity (Wildman–Crippen MR) is 97.3 cm³/mol. The summed E-state index contributed by atoms with van der Waals surface area (Å²) in [5, 5.41) is 14.5. The van der Waals surface area contributed by atoms with Gasteiger partial charge in [0.2, 0.25) is 0 Å². The molecule has 1 aliphatic rings. The van der Waals surface area contributed by atoms with Gasteiger partial charge in [-0.2, -0.15) is 0 Å². The van der Waals surface area contributed by atoms with Crippen LogP contribution in [0.2, 0.25) is 0 Å². The lowest BCUT2D eigenvalue weighted by molar-refractivity contribution is 0.136. The van der Waals surface area contributed by atoms with Crippen LogP contribution in [0.15, 0.2) is 41.8 Å². The molecule has 4 nitrogen and oxygen atoms in total. The fourth-order valence-electron chi connectivity index (χ4n) is 3.16. The molecule has 1 aromatic carbocycles. The van der Waals surface area contributed by atoms with E-state index in [1.165, 1.54) is 5.56 Å². The topological polar surface area (TPSA) is 52.6 Å². The van der Waals surface area contributed by atoms with E-state index in [1.54, 1.807) is 11.3 Å². The fraction of sp³-hybridized carbons (Fsp3) is 0.421. The Kier molecular flexibility index (Phi) is 5.53. The van der Waals surface area contributed by atoms with Crippen LogP contribution < -0.4 is 5.32 Å². The van der Waals surface area contributed by atoms with Gasteiger partial charge < -0.3 is 15.3 Å². The highest BCUT2D eigenvalue weighted by Gasteiger charge is 2.25. The summed E-state index contributed by atoms with van der Waals surface area (Å²) in [4.78, 5) is 15.7. The summed E-state index contributed by atoms with van der Waals surface area (Å²) in [6, 6.07) is 12.2. The maximum atomic E-state index is 12.7. The van der Waals surface area contributed by atoms with Crippen molar-refractivity contribution in [3.05, 3.63) is 57.8 Å². The first-order valence-corrected chi connectivity index (χ1v) is 9.31. The molecule has 0 bridgehead atoms. The van der Waals surface area contributed by atoms with Gasteiger partial charge in [-0.3, -0.25) is 0 Å². The van der Waals surface area contributed by atoms with Crippen LogP contribution in [0.5, 0.6) is 0 Å². The zero-order valence-corrected chi connectivity index (χ0v) is 14.8. The van der Waals surface area contributed by atoms with Crippen molar-refractivity contribution >= 4 is 17.4 Å². The molecule has 1 saturated heterocycles. The molecular formula is C19H24N2O2S. The Balaban J connectivity index is 1.74. The number of aliphatic hydroxyl groups is 1. The molecule has 3 rings (SSSR count). The number of amides is 2. The molecule has 0 saturated carbocycles. The molecule has 1 atom stereocenters. The van der Waals surface area contributed by atoms with Crippen LogP contribution in [-0.4, -0.2) is 35.7 Å². The first-order chi connectivity index (χ1) is 11.7. The number of benzene rings is 1. The third kappa shape index (κ3) is 3.97. The highest BCUT2D eigenvalue weighted by Crippen LogP contribution is 2.27. The summed E-state index contributed by atoms with van der Waals surface area (Å²) in [6.45, 7) is 3.71. The van der Waals surface area contributed by atoms with Gasteiger partial charge >= 0.3 is 6.03 Å². The molecular weight excluding hydrogens is 320 g/mol. The zero-order chi connectivity index (χ0) is 16.9. The van der Waals surface area contributed by atoms with Crippen LogP contribution in [0.1, 0.15) is 34.9 Å². The highest BCUT2D eigenvalue weighted by molar-refractivity contribution is 7.10. The standard InChI is InChI=1S/C19H24N2O2S/c1-14-4-2-5-16(12-14)18(17-6-3-11-24-17)20-19(23)21-9-7-15(13-22)8-10-21/h2-6,11-12,15,18,22H,7-10,13H2,1H3,(H,20,23). The maximum absolute atomic E-state index is 12.7. The second-order valence-electron chi connectivity index (χ2n) is 6.43. The van der Waals surface area contributed by atoms with Crippen molar-refractivity contribution in [1.29, 1.82) is 0 Å². The average molecular weight is 344 g/mol. The van der Waals surface area contributed by atoms with Gasteiger partial charge in [-0.05, 0) is 42.7 Å². The van der Waals surface area contributed by atoms with E-state index in [2.05, 4.69) is 36.5 Å². The van der Waals surface area contributed by atoms with Crippen LogP contribution in [0.4, 0.5) is 4.79 Å². The first kappa shape index (κ1) is 17.0. The number of carbonyl (C=O) groups excluding carboxylic acids is 1. The Hall–Kier alpha value is -1.85. The van der Waals surface area contributed by atoms with E-state index < -0.39 is 0 Å². The lowest BCUT2D eigenvalue weighted by Gasteiger charge is -2.32. The normalized spacial score (nSPS) is 16.8. The third-order valence-electron chi connectivity index (χ3n) is 4.63. The number of urea groups is 1. The minimum Gasteiger partial charge on any atom is -0.396 e. The first-order valence-electron chi connectivity index (χ1n) is 8.43. The van der Waals surface area contributed by atoms with Crippen molar-refractivity contribution in [3.63, 3.8) is 0 Å². The molecule has 0 radical (unpaired) electrons. The number of aryl methyl sites for hydroxylation is 1.